The van der Waals surface area contributed by atoms with Crippen LogP contribution in [0, 0.1) is 11.3 Å². The summed E-state index contributed by atoms with van der Waals surface area (Å²) in [5, 5.41) is 13.2. The van der Waals surface area contributed by atoms with Crippen LogP contribution < -0.4 is 10.2 Å². The standard InChI is InChI=1S/C16H18ClN5/c1-21-10-12(7-14(21)8-18)9-20-13-4-6-22(11-13)16-15(17)3-2-5-19-16/h2-3,5,7,10,13,20H,4,6,9,11H2,1H3. The predicted octanol–water partition coefficient (Wildman–Crippen LogP) is 2.31. The molecule has 1 atom stereocenters. The molecule has 6 heteroatoms. The number of nitrogens with zero attached hydrogens (tertiary/aromatic N) is 4. The van der Waals surface area contributed by atoms with Gasteiger partial charge < -0.3 is 14.8 Å². The highest BCUT2D eigenvalue weighted by atomic mass is 35.5. The van der Waals surface area contributed by atoms with Crippen LogP contribution in [-0.2, 0) is 13.6 Å². The van der Waals surface area contributed by atoms with Crippen LogP contribution in [0.25, 0.3) is 0 Å². The summed E-state index contributed by atoms with van der Waals surface area (Å²) in [5.74, 6) is 0.861. The van der Waals surface area contributed by atoms with Crippen molar-refractivity contribution < 1.29 is 0 Å². The first-order valence-corrected chi connectivity index (χ1v) is 7.69. The number of halogens is 1. The fraction of sp³-hybridized carbons (Fsp3) is 0.375. The molecular weight excluding hydrogens is 298 g/mol. The number of nitriles is 1. The average Bonchev–Trinajstić information content (AvgIpc) is 3.12. The number of hydrogen-bond donors (Lipinski definition) is 1. The van der Waals surface area contributed by atoms with E-state index in [1.807, 2.05) is 36.0 Å². The van der Waals surface area contributed by atoms with Gasteiger partial charge in [-0.1, -0.05) is 11.6 Å². The van der Waals surface area contributed by atoms with E-state index in [0.717, 1.165) is 37.4 Å². The van der Waals surface area contributed by atoms with E-state index in [4.69, 9.17) is 16.9 Å². The van der Waals surface area contributed by atoms with Crippen molar-refractivity contribution in [2.45, 2.75) is 19.0 Å². The smallest absolute Gasteiger partial charge is 0.147 e. The maximum absolute atomic E-state index is 8.98. The van der Waals surface area contributed by atoms with Gasteiger partial charge in [-0.05, 0) is 30.2 Å². The number of hydrogen-bond acceptors (Lipinski definition) is 4. The van der Waals surface area contributed by atoms with E-state index in [-0.39, 0.29) is 0 Å². The number of pyridine rings is 1. The summed E-state index contributed by atoms with van der Waals surface area (Å²) < 4.78 is 1.85. The molecule has 2 aromatic heterocycles. The topological polar surface area (TPSA) is 56.9 Å². The summed E-state index contributed by atoms with van der Waals surface area (Å²) >= 11 is 6.20. The molecule has 0 amide bonds. The van der Waals surface area contributed by atoms with Gasteiger partial charge in [-0.2, -0.15) is 5.26 Å². The fourth-order valence-electron chi connectivity index (χ4n) is 2.83. The molecule has 1 fully saturated rings. The maximum atomic E-state index is 8.98. The van der Waals surface area contributed by atoms with Crippen molar-refractivity contribution in [2.75, 3.05) is 18.0 Å². The van der Waals surface area contributed by atoms with Crippen LogP contribution in [0.1, 0.15) is 17.7 Å². The number of nitrogens with one attached hydrogen (secondary N) is 1. The predicted molar refractivity (Wildman–Crippen MR) is 86.8 cm³/mol. The van der Waals surface area contributed by atoms with Crippen LogP contribution in [0.4, 0.5) is 5.82 Å². The van der Waals surface area contributed by atoms with Gasteiger partial charge in [0, 0.05) is 45.1 Å². The normalized spacial score (nSPS) is 17.7. The molecule has 0 aliphatic carbocycles. The second-order valence-electron chi connectivity index (χ2n) is 5.58. The molecular formula is C16H18ClN5. The quantitative estimate of drug-likeness (QED) is 0.940. The van der Waals surface area contributed by atoms with Crippen molar-refractivity contribution in [3.8, 4) is 6.07 Å². The van der Waals surface area contributed by atoms with Crippen LogP contribution in [0.2, 0.25) is 5.02 Å². The second kappa shape index (κ2) is 6.39. The van der Waals surface area contributed by atoms with Gasteiger partial charge in [0.2, 0.25) is 0 Å². The minimum Gasteiger partial charge on any atom is -0.354 e. The molecule has 1 aliphatic heterocycles. The zero-order valence-corrected chi connectivity index (χ0v) is 13.2. The Bertz CT molecular complexity index is 703. The van der Waals surface area contributed by atoms with Gasteiger partial charge in [0.05, 0.1) is 5.02 Å². The number of aryl methyl sites for hydroxylation is 1. The first-order chi connectivity index (χ1) is 10.7. The minimum absolute atomic E-state index is 0.406. The van der Waals surface area contributed by atoms with Crippen LogP contribution >= 0.6 is 11.6 Å². The van der Waals surface area contributed by atoms with E-state index in [1.54, 1.807) is 6.20 Å². The average molecular weight is 316 g/mol. The third kappa shape index (κ3) is 3.08. The summed E-state index contributed by atoms with van der Waals surface area (Å²) in [7, 11) is 1.89. The molecule has 2 aromatic rings. The van der Waals surface area contributed by atoms with Crippen LogP contribution in [0.5, 0.6) is 0 Å². The Kier molecular flexibility index (Phi) is 4.32. The Balaban J connectivity index is 1.57. The summed E-state index contributed by atoms with van der Waals surface area (Å²) in [4.78, 5) is 6.58. The third-order valence-electron chi connectivity index (χ3n) is 4.00. The zero-order chi connectivity index (χ0) is 15.5. The van der Waals surface area contributed by atoms with E-state index >= 15 is 0 Å². The molecule has 0 radical (unpaired) electrons. The molecule has 1 saturated heterocycles. The van der Waals surface area contributed by atoms with Gasteiger partial charge in [0.25, 0.3) is 0 Å². The van der Waals surface area contributed by atoms with Gasteiger partial charge in [0.1, 0.15) is 17.6 Å². The lowest BCUT2D eigenvalue weighted by atomic mass is 10.2. The summed E-state index contributed by atoms with van der Waals surface area (Å²) in [6.07, 6.45) is 4.83. The lowest BCUT2D eigenvalue weighted by Gasteiger charge is -2.18. The van der Waals surface area contributed by atoms with Gasteiger partial charge >= 0.3 is 0 Å². The van der Waals surface area contributed by atoms with Crippen molar-refractivity contribution in [3.63, 3.8) is 0 Å². The van der Waals surface area contributed by atoms with Crippen LogP contribution in [0.3, 0.4) is 0 Å². The number of rotatable bonds is 4. The third-order valence-corrected chi connectivity index (χ3v) is 4.29. The Morgan fingerprint density at radius 1 is 1.55 bits per heavy atom. The minimum atomic E-state index is 0.406. The summed E-state index contributed by atoms with van der Waals surface area (Å²) in [5.41, 5.74) is 1.82. The first-order valence-electron chi connectivity index (χ1n) is 7.31. The Hall–Kier alpha value is -2.03. The monoisotopic (exact) mass is 315 g/mol. The molecule has 1 N–H and O–H groups in total. The largest absolute Gasteiger partial charge is 0.354 e. The van der Waals surface area contributed by atoms with Gasteiger partial charge in [-0.25, -0.2) is 4.98 Å². The highest BCUT2D eigenvalue weighted by molar-refractivity contribution is 6.32. The Labute approximate surface area is 135 Å². The number of aromatic nitrogens is 2. The zero-order valence-electron chi connectivity index (χ0n) is 12.5. The Morgan fingerprint density at radius 3 is 3.14 bits per heavy atom. The summed E-state index contributed by atoms with van der Waals surface area (Å²) in [6, 6.07) is 8.23. The maximum Gasteiger partial charge on any atom is 0.147 e. The molecule has 1 unspecified atom stereocenters. The van der Waals surface area contributed by atoms with Crippen molar-refractivity contribution >= 4 is 17.4 Å². The lowest BCUT2D eigenvalue weighted by molar-refractivity contribution is 0.551. The van der Waals surface area contributed by atoms with Crippen molar-refractivity contribution in [2.24, 2.45) is 7.05 Å². The molecule has 0 bridgehead atoms. The van der Waals surface area contributed by atoms with Gasteiger partial charge in [-0.15, -0.1) is 0 Å². The van der Waals surface area contributed by atoms with Crippen molar-refractivity contribution in [1.29, 1.82) is 5.26 Å². The molecule has 114 valence electrons. The second-order valence-corrected chi connectivity index (χ2v) is 5.98. The van der Waals surface area contributed by atoms with Crippen molar-refractivity contribution in [1.82, 2.24) is 14.9 Å². The molecule has 5 nitrogen and oxygen atoms in total. The van der Waals surface area contributed by atoms with E-state index in [9.17, 15) is 0 Å². The molecule has 0 aromatic carbocycles. The Morgan fingerprint density at radius 2 is 2.41 bits per heavy atom. The summed E-state index contributed by atoms with van der Waals surface area (Å²) in [6.45, 7) is 2.62. The fourth-order valence-corrected chi connectivity index (χ4v) is 3.07. The lowest BCUT2D eigenvalue weighted by Crippen LogP contribution is -2.32. The van der Waals surface area contributed by atoms with E-state index < -0.39 is 0 Å². The first kappa shape index (κ1) is 14.9. The SMILES string of the molecule is Cn1cc(CNC2CCN(c3ncccc3Cl)C2)cc1C#N. The number of anilines is 1. The molecule has 22 heavy (non-hydrogen) atoms. The van der Waals surface area contributed by atoms with Crippen LogP contribution in [0.15, 0.2) is 30.6 Å². The highest BCUT2D eigenvalue weighted by Gasteiger charge is 2.24. The molecule has 3 heterocycles. The van der Waals surface area contributed by atoms with E-state index in [2.05, 4.69) is 21.3 Å². The van der Waals surface area contributed by atoms with Gasteiger partial charge in [-0.3, -0.25) is 0 Å². The highest BCUT2D eigenvalue weighted by Crippen LogP contribution is 2.25. The van der Waals surface area contributed by atoms with E-state index in [0.29, 0.717) is 16.8 Å². The van der Waals surface area contributed by atoms with Gasteiger partial charge in [0.15, 0.2) is 0 Å². The van der Waals surface area contributed by atoms with Crippen LogP contribution in [-0.4, -0.2) is 28.7 Å². The van der Waals surface area contributed by atoms with E-state index in [1.165, 1.54) is 0 Å². The molecule has 0 saturated carbocycles. The molecule has 3 rings (SSSR count). The molecule has 0 spiro atoms. The van der Waals surface area contributed by atoms with Crippen molar-refractivity contribution in [3.05, 3.63) is 46.9 Å². The molecule has 1 aliphatic rings.